The van der Waals surface area contributed by atoms with Gasteiger partial charge < -0.3 is 15.7 Å². The average Bonchev–Trinajstić information content (AvgIpc) is 3.13. The van der Waals surface area contributed by atoms with Crippen LogP contribution in [0.4, 0.5) is 11.6 Å². The Kier molecular flexibility index (Phi) is 4.91. The summed E-state index contributed by atoms with van der Waals surface area (Å²) in [4.78, 5) is 17.0. The molecule has 3 aromatic rings. The molecular formula is C20H20N6O2. The molecule has 4 rings (SSSR count). The number of carbonyl (C=O) groups is 1. The number of benzene rings is 1. The van der Waals surface area contributed by atoms with E-state index in [4.69, 9.17) is 0 Å². The third-order valence-electron chi connectivity index (χ3n) is 4.97. The van der Waals surface area contributed by atoms with Crippen LogP contribution in [0.1, 0.15) is 41.7 Å². The summed E-state index contributed by atoms with van der Waals surface area (Å²) in [6, 6.07) is 12.2. The number of aliphatic hydroxyl groups is 1. The Balaban J connectivity index is 1.59. The summed E-state index contributed by atoms with van der Waals surface area (Å²) in [6.45, 7) is 0. The van der Waals surface area contributed by atoms with Crippen molar-refractivity contribution in [1.29, 1.82) is 5.26 Å². The molecule has 3 N–H and O–H groups in total. The molecule has 0 radical (unpaired) electrons. The number of aromatic nitrogens is 3. The van der Waals surface area contributed by atoms with Gasteiger partial charge in [-0.05, 0) is 37.1 Å². The molecule has 1 aliphatic rings. The number of rotatable bonds is 4. The third kappa shape index (κ3) is 3.52. The quantitative estimate of drug-likeness (QED) is 0.645. The van der Waals surface area contributed by atoms with E-state index in [0.717, 1.165) is 25.7 Å². The van der Waals surface area contributed by atoms with Gasteiger partial charge in [0.2, 0.25) is 5.95 Å². The first kappa shape index (κ1) is 17.9. The number of nitrogens with one attached hydrogen (secondary N) is 2. The first-order valence-electron chi connectivity index (χ1n) is 9.25. The number of aliphatic hydroxyl groups excluding tert-OH is 1. The fraction of sp³-hybridized carbons (Fsp3) is 0.300. The maximum atomic E-state index is 12.7. The van der Waals surface area contributed by atoms with E-state index in [-0.39, 0.29) is 11.9 Å². The minimum absolute atomic E-state index is 0.0958. The number of hydrogen-bond donors (Lipinski definition) is 3. The summed E-state index contributed by atoms with van der Waals surface area (Å²) in [5.74, 6) is -0.00817. The number of anilines is 2. The Morgan fingerprint density at radius 3 is 2.86 bits per heavy atom. The first-order chi connectivity index (χ1) is 13.7. The lowest BCUT2D eigenvalue weighted by atomic mass is 9.93. The van der Waals surface area contributed by atoms with Crippen LogP contribution in [-0.4, -0.2) is 37.8 Å². The van der Waals surface area contributed by atoms with Crippen molar-refractivity contribution in [1.82, 2.24) is 14.6 Å². The lowest BCUT2D eigenvalue weighted by Crippen LogP contribution is -2.37. The molecule has 0 spiro atoms. The van der Waals surface area contributed by atoms with Crippen LogP contribution in [-0.2, 0) is 0 Å². The molecule has 0 unspecified atom stereocenters. The van der Waals surface area contributed by atoms with E-state index in [2.05, 4.69) is 26.8 Å². The monoisotopic (exact) mass is 376 g/mol. The highest BCUT2D eigenvalue weighted by molar-refractivity contribution is 6.04. The van der Waals surface area contributed by atoms with Crippen molar-refractivity contribution in [3.8, 4) is 6.07 Å². The van der Waals surface area contributed by atoms with Crippen LogP contribution in [0.2, 0.25) is 0 Å². The molecule has 0 aliphatic heterocycles. The van der Waals surface area contributed by atoms with Gasteiger partial charge in [-0.25, -0.2) is 9.50 Å². The third-order valence-corrected chi connectivity index (χ3v) is 4.97. The second-order valence-electron chi connectivity index (χ2n) is 6.85. The summed E-state index contributed by atoms with van der Waals surface area (Å²) >= 11 is 0. The summed E-state index contributed by atoms with van der Waals surface area (Å²) in [7, 11) is 0. The number of hydrogen-bond acceptors (Lipinski definition) is 6. The van der Waals surface area contributed by atoms with Crippen LogP contribution < -0.4 is 10.6 Å². The van der Waals surface area contributed by atoms with Crippen molar-refractivity contribution in [2.24, 2.45) is 0 Å². The Bertz CT molecular complexity index is 1050. The van der Waals surface area contributed by atoms with Gasteiger partial charge >= 0.3 is 0 Å². The fourth-order valence-corrected chi connectivity index (χ4v) is 3.46. The predicted molar refractivity (Wildman–Crippen MR) is 104 cm³/mol. The van der Waals surface area contributed by atoms with Gasteiger partial charge in [-0.1, -0.05) is 25.0 Å². The van der Waals surface area contributed by atoms with E-state index in [9.17, 15) is 15.2 Å². The van der Waals surface area contributed by atoms with E-state index < -0.39 is 6.10 Å². The van der Waals surface area contributed by atoms with Gasteiger partial charge in [0.25, 0.3) is 5.91 Å². The number of nitriles is 1. The van der Waals surface area contributed by atoms with E-state index in [1.54, 1.807) is 42.6 Å². The topological polar surface area (TPSA) is 115 Å². The highest BCUT2D eigenvalue weighted by Gasteiger charge is 2.24. The number of fused-ring (bicyclic) bond motifs is 1. The molecule has 28 heavy (non-hydrogen) atoms. The molecule has 8 heteroatoms. The maximum Gasteiger partial charge on any atom is 0.274 e. The molecule has 2 atom stereocenters. The summed E-state index contributed by atoms with van der Waals surface area (Å²) in [6.07, 6.45) is 4.88. The Hall–Kier alpha value is -3.44. The number of carbonyl (C=O) groups excluding carboxylic acids is 1. The molecule has 1 aliphatic carbocycles. The standard InChI is InChI=1S/C20H20N6O2/c21-11-13-5-1-2-6-15(13)23-19(28)17-10-9-14-12-22-20(25-26(14)17)24-16-7-3-4-8-18(16)27/h1-2,5-6,9-10,12,16,18,27H,3-4,7-8H2,(H,23,28)(H,24,25)/t16-,18+/m1/s1. The molecule has 8 nitrogen and oxygen atoms in total. The molecule has 142 valence electrons. The van der Waals surface area contributed by atoms with Crippen LogP contribution in [0.3, 0.4) is 0 Å². The van der Waals surface area contributed by atoms with Crippen LogP contribution in [0, 0.1) is 11.3 Å². The van der Waals surface area contributed by atoms with Gasteiger partial charge in [0.05, 0.1) is 35.1 Å². The van der Waals surface area contributed by atoms with Crippen LogP contribution >= 0.6 is 0 Å². The van der Waals surface area contributed by atoms with Gasteiger partial charge in [-0.2, -0.15) is 5.26 Å². The molecule has 1 aromatic carbocycles. The van der Waals surface area contributed by atoms with Crippen molar-refractivity contribution >= 4 is 23.1 Å². The molecule has 1 saturated carbocycles. The van der Waals surface area contributed by atoms with E-state index in [1.165, 1.54) is 4.52 Å². The molecular weight excluding hydrogens is 356 g/mol. The zero-order chi connectivity index (χ0) is 19.5. The van der Waals surface area contributed by atoms with Gasteiger partial charge in [0.1, 0.15) is 11.8 Å². The van der Waals surface area contributed by atoms with Crippen molar-refractivity contribution in [3.63, 3.8) is 0 Å². The van der Waals surface area contributed by atoms with E-state index in [1.807, 2.05) is 0 Å². The molecule has 2 aromatic heterocycles. The number of nitrogens with zero attached hydrogens (tertiary/aromatic N) is 4. The van der Waals surface area contributed by atoms with Crippen molar-refractivity contribution in [3.05, 3.63) is 53.9 Å². The minimum Gasteiger partial charge on any atom is -0.391 e. The van der Waals surface area contributed by atoms with Crippen molar-refractivity contribution < 1.29 is 9.90 Å². The first-order valence-corrected chi connectivity index (χ1v) is 9.25. The van der Waals surface area contributed by atoms with Gasteiger partial charge in [0, 0.05) is 0 Å². The van der Waals surface area contributed by atoms with Crippen molar-refractivity contribution in [2.75, 3.05) is 10.6 Å². The Morgan fingerprint density at radius 1 is 1.21 bits per heavy atom. The highest BCUT2D eigenvalue weighted by atomic mass is 16.3. The fourth-order valence-electron chi connectivity index (χ4n) is 3.46. The van der Waals surface area contributed by atoms with Crippen molar-refractivity contribution in [2.45, 2.75) is 37.8 Å². The van der Waals surface area contributed by atoms with Crippen LogP contribution in [0.15, 0.2) is 42.6 Å². The zero-order valence-electron chi connectivity index (χ0n) is 15.2. The van der Waals surface area contributed by atoms with Gasteiger partial charge in [-0.15, -0.1) is 5.10 Å². The summed E-state index contributed by atoms with van der Waals surface area (Å²) in [5.41, 5.74) is 1.84. The van der Waals surface area contributed by atoms with E-state index in [0.29, 0.717) is 28.4 Å². The summed E-state index contributed by atoms with van der Waals surface area (Å²) < 4.78 is 1.51. The molecule has 0 bridgehead atoms. The second-order valence-corrected chi connectivity index (χ2v) is 6.85. The zero-order valence-corrected chi connectivity index (χ0v) is 15.2. The predicted octanol–water partition coefficient (Wildman–Crippen LogP) is 2.57. The largest absolute Gasteiger partial charge is 0.391 e. The lowest BCUT2D eigenvalue weighted by molar-refractivity contribution is 0.102. The van der Waals surface area contributed by atoms with Gasteiger partial charge in [-0.3, -0.25) is 4.79 Å². The molecule has 1 fully saturated rings. The molecule has 2 heterocycles. The Morgan fingerprint density at radius 2 is 2.04 bits per heavy atom. The minimum atomic E-state index is -0.428. The number of amides is 1. The Labute approximate surface area is 161 Å². The van der Waals surface area contributed by atoms with E-state index >= 15 is 0 Å². The molecule has 1 amide bonds. The van der Waals surface area contributed by atoms with Crippen LogP contribution in [0.5, 0.6) is 0 Å². The molecule has 0 saturated heterocycles. The lowest BCUT2D eigenvalue weighted by Gasteiger charge is -2.28. The maximum absolute atomic E-state index is 12.7. The normalized spacial score (nSPS) is 19.1. The summed E-state index contributed by atoms with van der Waals surface area (Å²) in [5, 5.41) is 29.7. The smallest absolute Gasteiger partial charge is 0.274 e. The average molecular weight is 376 g/mol. The number of para-hydroxylation sites is 1. The van der Waals surface area contributed by atoms with Crippen LogP contribution in [0.25, 0.3) is 5.52 Å². The highest BCUT2D eigenvalue weighted by Crippen LogP contribution is 2.21. The van der Waals surface area contributed by atoms with Gasteiger partial charge in [0.15, 0.2) is 0 Å². The second kappa shape index (κ2) is 7.66. The SMILES string of the molecule is N#Cc1ccccc1NC(=O)c1ccc2cnc(N[C@@H]3CCCC[C@@H]3O)nn12.